The number of nitrogens with zero attached hydrogens (tertiary/aromatic N) is 1. The van der Waals surface area contributed by atoms with Crippen molar-refractivity contribution in [3.63, 3.8) is 0 Å². The maximum atomic E-state index is 13.7. The van der Waals surface area contributed by atoms with Gasteiger partial charge in [0, 0.05) is 12.7 Å². The first-order valence-electron chi connectivity index (χ1n) is 5.69. The van der Waals surface area contributed by atoms with Gasteiger partial charge in [0.25, 0.3) is 0 Å². The van der Waals surface area contributed by atoms with Gasteiger partial charge in [-0.25, -0.2) is 4.39 Å². The van der Waals surface area contributed by atoms with Crippen LogP contribution in [0.25, 0.3) is 11.0 Å². The molecule has 0 radical (unpaired) electrons. The number of nitrogens with one attached hydrogen (secondary N) is 1. The Bertz CT molecular complexity index is 673. The van der Waals surface area contributed by atoms with Crippen molar-refractivity contribution >= 4 is 39.2 Å². The Morgan fingerprint density at radius 2 is 2.33 bits per heavy atom. The molecule has 3 rings (SSSR count). The van der Waals surface area contributed by atoms with Gasteiger partial charge in [0.1, 0.15) is 5.82 Å². The maximum Gasteiger partial charge on any atom is 0.178 e. The van der Waals surface area contributed by atoms with E-state index in [1.54, 1.807) is 6.07 Å². The molecule has 6 heteroatoms. The highest BCUT2D eigenvalue weighted by atomic mass is 79.9. The van der Waals surface area contributed by atoms with E-state index in [4.69, 9.17) is 17.0 Å². The van der Waals surface area contributed by atoms with Gasteiger partial charge in [-0.3, -0.25) is 0 Å². The van der Waals surface area contributed by atoms with Gasteiger partial charge in [0.2, 0.25) is 0 Å². The molecule has 0 saturated carbocycles. The summed E-state index contributed by atoms with van der Waals surface area (Å²) in [4.78, 5) is 3.12. The van der Waals surface area contributed by atoms with Gasteiger partial charge < -0.3 is 14.3 Å². The van der Waals surface area contributed by atoms with Gasteiger partial charge >= 0.3 is 0 Å². The van der Waals surface area contributed by atoms with Crippen molar-refractivity contribution < 1.29 is 9.13 Å². The lowest BCUT2D eigenvalue weighted by Crippen LogP contribution is -2.30. The summed E-state index contributed by atoms with van der Waals surface area (Å²) < 4.78 is 22.2. The minimum absolute atomic E-state index is 0.199. The van der Waals surface area contributed by atoms with Crippen molar-refractivity contribution in [2.24, 2.45) is 0 Å². The zero-order valence-corrected chi connectivity index (χ0v) is 12.2. The minimum Gasteiger partial charge on any atom is -0.379 e. The summed E-state index contributed by atoms with van der Waals surface area (Å²) in [6.45, 7) is 3.40. The van der Waals surface area contributed by atoms with E-state index in [-0.39, 0.29) is 11.4 Å². The number of fused-ring (bicyclic) bond motifs is 1. The highest BCUT2D eigenvalue weighted by molar-refractivity contribution is 9.10. The van der Waals surface area contributed by atoms with Crippen LogP contribution in [0.4, 0.5) is 4.39 Å². The van der Waals surface area contributed by atoms with Gasteiger partial charge in [-0.2, -0.15) is 0 Å². The molecule has 1 fully saturated rings. The smallest absolute Gasteiger partial charge is 0.178 e. The fourth-order valence-electron chi connectivity index (χ4n) is 2.47. The first-order chi connectivity index (χ1) is 8.51. The number of aromatic amines is 1. The summed E-state index contributed by atoms with van der Waals surface area (Å²) >= 11 is 8.55. The van der Waals surface area contributed by atoms with Crippen molar-refractivity contribution in [2.45, 2.75) is 18.9 Å². The predicted molar refractivity (Wildman–Crippen MR) is 73.9 cm³/mol. The molecule has 1 atom stereocenters. The first-order valence-corrected chi connectivity index (χ1v) is 6.89. The molecule has 0 bridgehead atoms. The number of rotatable bonds is 1. The monoisotopic (exact) mass is 330 g/mol. The molecule has 1 aromatic carbocycles. The van der Waals surface area contributed by atoms with E-state index in [2.05, 4.69) is 27.8 Å². The lowest BCUT2D eigenvalue weighted by atomic mass is 10.0. The molecule has 1 saturated heterocycles. The molecule has 2 heterocycles. The predicted octanol–water partition coefficient (Wildman–Crippen LogP) is 3.74. The van der Waals surface area contributed by atoms with E-state index in [1.165, 1.54) is 6.07 Å². The van der Waals surface area contributed by atoms with E-state index in [0.29, 0.717) is 22.5 Å². The second-order valence-corrected chi connectivity index (χ2v) is 6.09. The Kier molecular flexibility index (Phi) is 2.84. The summed E-state index contributed by atoms with van der Waals surface area (Å²) in [6, 6.07) is 3.23. The van der Waals surface area contributed by atoms with Crippen molar-refractivity contribution in [3.05, 3.63) is 27.2 Å². The van der Waals surface area contributed by atoms with E-state index in [1.807, 2.05) is 4.57 Å². The summed E-state index contributed by atoms with van der Waals surface area (Å²) in [5.74, 6) is -0.284. The average molecular weight is 331 g/mol. The number of imidazole rings is 1. The van der Waals surface area contributed by atoms with Crippen LogP contribution < -0.4 is 0 Å². The molecule has 0 aliphatic carbocycles. The Morgan fingerprint density at radius 1 is 1.56 bits per heavy atom. The van der Waals surface area contributed by atoms with E-state index in [9.17, 15) is 4.39 Å². The van der Waals surface area contributed by atoms with Crippen molar-refractivity contribution in [1.29, 1.82) is 0 Å². The quantitative estimate of drug-likeness (QED) is 0.807. The van der Waals surface area contributed by atoms with Crippen molar-refractivity contribution in [3.8, 4) is 0 Å². The third kappa shape index (κ3) is 1.74. The minimum atomic E-state index is -0.284. The fourth-order valence-corrected chi connectivity index (χ4v) is 3.24. The van der Waals surface area contributed by atoms with Gasteiger partial charge in [-0.15, -0.1) is 0 Å². The van der Waals surface area contributed by atoms with E-state index in [0.717, 1.165) is 17.5 Å². The first kappa shape index (κ1) is 12.3. The van der Waals surface area contributed by atoms with Crippen LogP contribution in [-0.2, 0) is 10.3 Å². The van der Waals surface area contributed by atoms with Crippen LogP contribution in [0.1, 0.15) is 13.3 Å². The number of hydrogen-bond acceptors (Lipinski definition) is 2. The van der Waals surface area contributed by atoms with Crippen LogP contribution in [0.15, 0.2) is 16.6 Å². The zero-order chi connectivity index (χ0) is 12.9. The van der Waals surface area contributed by atoms with Crippen LogP contribution in [-0.4, -0.2) is 22.8 Å². The second kappa shape index (κ2) is 4.15. The molecule has 1 aromatic heterocycles. The van der Waals surface area contributed by atoms with Gasteiger partial charge in [-0.1, -0.05) is 0 Å². The second-order valence-electron chi connectivity index (χ2n) is 4.85. The van der Waals surface area contributed by atoms with Crippen LogP contribution in [0.5, 0.6) is 0 Å². The molecule has 1 unspecified atom stereocenters. The average Bonchev–Trinajstić information content (AvgIpc) is 2.84. The van der Waals surface area contributed by atoms with Crippen LogP contribution in [0.3, 0.4) is 0 Å². The molecule has 0 amide bonds. The SMILES string of the molecule is CC1(n2c(=S)[nH]c3cc(Br)c(F)cc32)CCOC1. The fraction of sp³-hybridized carbons (Fsp3) is 0.417. The Morgan fingerprint density at radius 3 is 3.00 bits per heavy atom. The molecule has 1 aliphatic rings. The Hall–Kier alpha value is -0.720. The summed E-state index contributed by atoms with van der Waals surface area (Å²) in [5, 5.41) is 0. The summed E-state index contributed by atoms with van der Waals surface area (Å²) in [6.07, 6.45) is 0.881. The van der Waals surface area contributed by atoms with E-state index >= 15 is 0 Å². The van der Waals surface area contributed by atoms with Crippen LogP contribution in [0, 0.1) is 10.6 Å². The Balaban J connectivity index is 2.32. The lowest BCUT2D eigenvalue weighted by molar-refractivity contribution is 0.162. The van der Waals surface area contributed by atoms with Crippen molar-refractivity contribution in [2.75, 3.05) is 13.2 Å². The zero-order valence-electron chi connectivity index (χ0n) is 9.80. The maximum absolute atomic E-state index is 13.7. The summed E-state index contributed by atoms with van der Waals surface area (Å²) in [5.41, 5.74) is 1.42. The van der Waals surface area contributed by atoms with Gasteiger partial charge in [0.05, 0.1) is 27.7 Å². The topological polar surface area (TPSA) is 29.9 Å². The highest BCUT2D eigenvalue weighted by Crippen LogP contribution is 2.32. The third-order valence-corrected chi connectivity index (χ3v) is 4.35. The number of ether oxygens (including phenoxy) is 1. The molecule has 18 heavy (non-hydrogen) atoms. The van der Waals surface area contributed by atoms with E-state index < -0.39 is 0 Å². The van der Waals surface area contributed by atoms with Crippen molar-refractivity contribution in [1.82, 2.24) is 9.55 Å². The molecule has 96 valence electrons. The highest BCUT2D eigenvalue weighted by Gasteiger charge is 2.33. The third-order valence-electron chi connectivity index (χ3n) is 3.46. The molecule has 2 aromatic rings. The number of aromatic nitrogens is 2. The van der Waals surface area contributed by atoms with Crippen LogP contribution in [0.2, 0.25) is 0 Å². The largest absolute Gasteiger partial charge is 0.379 e. The molecule has 1 N–H and O–H groups in total. The molecule has 0 spiro atoms. The molecule has 1 aliphatic heterocycles. The molecule has 3 nitrogen and oxygen atoms in total. The van der Waals surface area contributed by atoms with Gasteiger partial charge in [-0.05, 0) is 47.6 Å². The van der Waals surface area contributed by atoms with Gasteiger partial charge in [0.15, 0.2) is 4.77 Å². The molecular formula is C12H12BrFN2OS. The molecular weight excluding hydrogens is 319 g/mol. The number of halogens is 2. The standard InChI is InChI=1S/C12H12BrFN2OS/c1-12(2-3-17-6-12)16-10-5-8(14)7(13)4-9(10)15-11(16)18/h4-5H,2-3,6H2,1H3,(H,15,18). The Labute approximate surface area is 117 Å². The number of hydrogen-bond donors (Lipinski definition) is 1. The number of benzene rings is 1. The number of H-pyrrole nitrogens is 1. The normalized spacial score (nSPS) is 23.9. The lowest BCUT2D eigenvalue weighted by Gasteiger charge is -2.24. The van der Waals surface area contributed by atoms with Crippen LogP contribution >= 0.6 is 28.1 Å². The summed E-state index contributed by atoms with van der Waals surface area (Å²) in [7, 11) is 0.